The summed E-state index contributed by atoms with van der Waals surface area (Å²) in [7, 11) is 4.31. The molecule has 4 rings (SSSR count). The largest absolute Gasteiger partial charge is 0.436 e. The number of carbonyl (C=O) groups is 3. The van der Waals surface area contributed by atoms with Gasteiger partial charge in [-0.2, -0.15) is 0 Å². The molecule has 1 N–H and O–H groups in total. The molecule has 10 nitrogen and oxygen atoms in total. The summed E-state index contributed by atoms with van der Waals surface area (Å²) < 4.78 is 7.07. The summed E-state index contributed by atoms with van der Waals surface area (Å²) in [6.45, 7) is 11.8. The van der Waals surface area contributed by atoms with Gasteiger partial charge in [0.2, 0.25) is 6.41 Å². The average molecular weight is 728 g/mol. The second-order valence-corrected chi connectivity index (χ2v) is 14.3. The second kappa shape index (κ2) is 19.3. The van der Waals surface area contributed by atoms with E-state index in [9.17, 15) is 14.4 Å². The molecule has 0 aliphatic carbocycles. The molecule has 3 saturated heterocycles. The van der Waals surface area contributed by atoms with Crippen molar-refractivity contribution in [2.45, 2.75) is 70.6 Å². The predicted molar refractivity (Wildman–Crippen MR) is 195 cm³/mol. The summed E-state index contributed by atoms with van der Waals surface area (Å²) >= 11 is 3.62. The van der Waals surface area contributed by atoms with Gasteiger partial charge >= 0.3 is 6.09 Å². The zero-order chi connectivity index (χ0) is 34.5. The van der Waals surface area contributed by atoms with Gasteiger partial charge in [-0.1, -0.05) is 52.4 Å². The van der Waals surface area contributed by atoms with Crippen LogP contribution in [0.3, 0.4) is 0 Å². The minimum Gasteiger partial charge on any atom is -0.436 e. The first kappa shape index (κ1) is 37.8. The number of likely N-dealkylation sites (N-methyl/N-ethyl adjacent to an activating group) is 1. The van der Waals surface area contributed by atoms with Crippen LogP contribution in [-0.2, 0) is 20.7 Å². The van der Waals surface area contributed by atoms with Crippen molar-refractivity contribution in [2.75, 3.05) is 73.0 Å². The van der Waals surface area contributed by atoms with Crippen molar-refractivity contribution in [3.63, 3.8) is 0 Å². The van der Waals surface area contributed by atoms with Crippen molar-refractivity contribution in [3.05, 3.63) is 69.9 Å². The fraction of sp³-hybridized carbons (Fsp3) is 0.595. The number of hydrogen-bond donors (Lipinski definition) is 1. The molecule has 1 atom stereocenters. The Morgan fingerprint density at radius 3 is 2.35 bits per heavy atom. The van der Waals surface area contributed by atoms with Gasteiger partial charge in [0.15, 0.2) is 6.10 Å². The fourth-order valence-corrected chi connectivity index (χ4v) is 7.15. The van der Waals surface area contributed by atoms with E-state index in [1.807, 2.05) is 61.3 Å². The summed E-state index contributed by atoms with van der Waals surface area (Å²) in [6, 6.07) is 6.98. The number of allylic oxidation sites excluding steroid dienone is 5. The summed E-state index contributed by atoms with van der Waals surface area (Å²) in [6.07, 6.45) is 14.2. The van der Waals surface area contributed by atoms with Gasteiger partial charge in [-0.05, 0) is 83.3 Å². The Morgan fingerprint density at radius 2 is 1.69 bits per heavy atom. The van der Waals surface area contributed by atoms with Crippen LogP contribution in [0.1, 0.15) is 50.2 Å². The van der Waals surface area contributed by atoms with Crippen LogP contribution in [0.4, 0.5) is 4.79 Å². The molecule has 3 aliphatic rings. The van der Waals surface area contributed by atoms with Crippen LogP contribution in [0.15, 0.2) is 58.7 Å². The highest BCUT2D eigenvalue weighted by molar-refractivity contribution is 9.10. The number of piperazine rings is 1. The van der Waals surface area contributed by atoms with Gasteiger partial charge in [0, 0.05) is 87.6 Å². The quantitative estimate of drug-likeness (QED) is 0.235. The third-order valence-corrected chi connectivity index (χ3v) is 10.8. The first-order valence-corrected chi connectivity index (χ1v) is 18.3. The number of ether oxygens (including phenoxy) is 1. The molecule has 0 radical (unpaired) electrons. The number of piperidine rings is 2. The molecule has 0 spiro atoms. The van der Waals surface area contributed by atoms with E-state index < -0.39 is 12.2 Å². The van der Waals surface area contributed by atoms with Gasteiger partial charge < -0.3 is 29.7 Å². The van der Waals surface area contributed by atoms with E-state index in [1.54, 1.807) is 4.90 Å². The topological polar surface area (TPSA) is 88.7 Å². The average Bonchev–Trinajstić information content (AvgIpc) is 3.09. The first-order valence-electron chi connectivity index (χ1n) is 17.5. The number of likely N-dealkylation sites (tertiary alicyclic amines) is 2. The smallest absolute Gasteiger partial charge is 0.410 e. The summed E-state index contributed by atoms with van der Waals surface area (Å²) in [5.41, 5.74) is 2.89. The Balaban J connectivity index is 1.28. The van der Waals surface area contributed by atoms with Gasteiger partial charge in [-0.3, -0.25) is 14.5 Å². The van der Waals surface area contributed by atoms with E-state index in [4.69, 9.17) is 4.74 Å². The highest BCUT2D eigenvalue weighted by Gasteiger charge is 2.35. The van der Waals surface area contributed by atoms with Gasteiger partial charge in [0.05, 0.1) is 0 Å². The Hall–Kier alpha value is -2.99. The SMILES string of the molecule is C\C(=C/C=C\C=C\CCN(C)C1CCN(C(=O)O[C@H](Cc2ccc(C)c(Br)c2)C(=O)N2CCC(N3CCN(C)CC3)CC2)CC1)NC=O. The lowest BCUT2D eigenvalue weighted by Crippen LogP contribution is -2.54. The van der Waals surface area contributed by atoms with Crippen molar-refractivity contribution < 1.29 is 19.1 Å². The molecule has 3 amide bonds. The van der Waals surface area contributed by atoms with E-state index in [0.717, 1.165) is 86.1 Å². The van der Waals surface area contributed by atoms with Crippen LogP contribution < -0.4 is 5.32 Å². The molecule has 1 aromatic rings. The Bertz CT molecular complexity index is 1290. The van der Waals surface area contributed by atoms with Crippen LogP contribution >= 0.6 is 15.9 Å². The third-order valence-electron chi connectivity index (χ3n) is 9.99. The molecule has 0 aromatic heterocycles. The van der Waals surface area contributed by atoms with Gasteiger partial charge in [0.1, 0.15) is 0 Å². The highest BCUT2D eigenvalue weighted by atomic mass is 79.9. The minimum atomic E-state index is -0.853. The van der Waals surface area contributed by atoms with Crippen LogP contribution in [-0.4, -0.2) is 134 Å². The number of benzene rings is 1. The molecule has 1 aromatic carbocycles. The maximum absolute atomic E-state index is 13.9. The Labute approximate surface area is 295 Å². The van der Waals surface area contributed by atoms with E-state index in [2.05, 4.69) is 56.1 Å². The minimum absolute atomic E-state index is 0.0850. The van der Waals surface area contributed by atoms with Crippen LogP contribution in [0.25, 0.3) is 0 Å². The van der Waals surface area contributed by atoms with Crippen molar-refractivity contribution >= 4 is 34.3 Å². The predicted octanol–water partition coefficient (Wildman–Crippen LogP) is 4.59. The zero-order valence-electron chi connectivity index (χ0n) is 29.3. The Kier molecular flexibility index (Phi) is 15.2. The summed E-state index contributed by atoms with van der Waals surface area (Å²) in [4.78, 5) is 48.9. The number of nitrogens with one attached hydrogen (secondary N) is 1. The molecular formula is C37H55BrN6O4. The second-order valence-electron chi connectivity index (χ2n) is 13.5. The van der Waals surface area contributed by atoms with E-state index in [1.165, 1.54) is 0 Å². The lowest BCUT2D eigenvalue weighted by molar-refractivity contribution is -0.142. The first-order chi connectivity index (χ1) is 23.1. The monoisotopic (exact) mass is 726 g/mol. The van der Waals surface area contributed by atoms with Gasteiger partial charge in [-0.25, -0.2) is 4.79 Å². The van der Waals surface area contributed by atoms with Gasteiger partial charge in [0.25, 0.3) is 5.91 Å². The molecule has 0 bridgehead atoms. The lowest BCUT2D eigenvalue weighted by Gasteiger charge is -2.42. The number of carbonyl (C=O) groups excluding carboxylic acids is 3. The van der Waals surface area contributed by atoms with Crippen molar-refractivity contribution in [1.29, 1.82) is 0 Å². The number of hydrogen-bond acceptors (Lipinski definition) is 7. The number of nitrogens with zero attached hydrogens (tertiary/aromatic N) is 5. The molecule has 11 heteroatoms. The Morgan fingerprint density at radius 1 is 1.00 bits per heavy atom. The normalized spacial score (nSPS) is 20.2. The van der Waals surface area contributed by atoms with Crippen LogP contribution in [0, 0.1) is 6.92 Å². The number of amides is 3. The molecule has 3 aliphatic heterocycles. The van der Waals surface area contributed by atoms with Crippen LogP contribution in [0.2, 0.25) is 0 Å². The standard InChI is InChI=1S/C37H55BrN6O4/c1-29-11-12-31(26-34(29)38)27-35(36(46)43-18-15-33(16-19-43)42-24-22-40(3)23-25-42)48-37(47)44-20-13-32(14-21-44)41(4)17-9-7-5-6-8-10-30(2)39-28-45/h5-8,10-12,26,28,32-33,35H,9,13-25,27H2,1-4H3,(H,39,45)/b7-5+,8-6-,30-10+/t35-/m1/s1. The maximum Gasteiger partial charge on any atom is 0.410 e. The van der Waals surface area contributed by atoms with Crippen molar-refractivity contribution in [1.82, 2.24) is 29.8 Å². The summed E-state index contributed by atoms with van der Waals surface area (Å²) in [5.74, 6) is -0.0850. The third kappa shape index (κ3) is 11.6. The molecule has 3 fully saturated rings. The molecular weight excluding hydrogens is 672 g/mol. The van der Waals surface area contributed by atoms with Crippen molar-refractivity contribution in [2.24, 2.45) is 0 Å². The fourth-order valence-electron chi connectivity index (χ4n) is 6.72. The molecule has 0 unspecified atom stereocenters. The van der Waals surface area contributed by atoms with E-state index >= 15 is 0 Å². The van der Waals surface area contributed by atoms with Gasteiger partial charge in [-0.15, -0.1) is 0 Å². The molecule has 0 saturated carbocycles. The van der Waals surface area contributed by atoms with Crippen molar-refractivity contribution in [3.8, 4) is 0 Å². The number of halogens is 1. The number of rotatable bonds is 13. The maximum atomic E-state index is 13.9. The highest BCUT2D eigenvalue weighted by Crippen LogP contribution is 2.24. The zero-order valence-corrected chi connectivity index (χ0v) is 30.9. The van der Waals surface area contributed by atoms with E-state index in [0.29, 0.717) is 51.1 Å². The number of aryl methyl sites for hydroxylation is 1. The molecule has 264 valence electrons. The molecule has 3 heterocycles. The molecule has 48 heavy (non-hydrogen) atoms. The summed E-state index contributed by atoms with van der Waals surface area (Å²) in [5, 5.41) is 2.61. The van der Waals surface area contributed by atoms with Crippen LogP contribution in [0.5, 0.6) is 0 Å². The van der Waals surface area contributed by atoms with E-state index in [-0.39, 0.29) is 5.91 Å². The lowest BCUT2D eigenvalue weighted by atomic mass is 10.00.